The van der Waals surface area contributed by atoms with Crippen molar-refractivity contribution in [2.24, 2.45) is 0 Å². The van der Waals surface area contributed by atoms with Gasteiger partial charge in [0, 0.05) is 5.69 Å². The first-order chi connectivity index (χ1) is 10.3. The van der Waals surface area contributed by atoms with Gasteiger partial charge in [-0.2, -0.15) is 13.2 Å². The van der Waals surface area contributed by atoms with E-state index in [9.17, 15) is 22.8 Å². The van der Waals surface area contributed by atoms with Gasteiger partial charge in [0.25, 0.3) is 11.8 Å². The molecule has 0 saturated heterocycles. The summed E-state index contributed by atoms with van der Waals surface area (Å²) in [6, 6.07) is 7.27. The van der Waals surface area contributed by atoms with Crippen LogP contribution in [0.3, 0.4) is 0 Å². The van der Waals surface area contributed by atoms with E-state index in [0.29, 0.717) is 11.8 Å². The van der Waals surface area contributed by atoms with Crippen LogP contribution in [0.15, 0.2) is 36.4 Å². The first-order valence-corrected chi connectivity index (χ1v) is 6.33. The number of aryl methyl sites for hydroxylation is 1. The number of benzene rings is 1. The van der Waals surface area contributed by atoms with E-state index in [1.165, 1.54) is 6.07 Å². The number of carbonyl (C=O) groups excluding carboxylic acids is 2. The van der Waals surface area contributed by atoms with Crippen molar-refractivity contribution in [2.75, 3.05) is 4.90 Å². The normalized spacial score (nSPS) is 14.5. The van der Waals surface area contributed by atoms with E-state index in [1.807, 2.05) is 0 Å². The second-order valence-corrected chi connectivity index (χ2v) is 4.84. The Labute approximate surface area is 123 Å². The maximum Gasteiger partial charge on any atom is 0.416 e. The molecule has 22 heavy (non-hydrogen) atoms. The molecule has 1 aliphatic rings. The Morgan fingerprint density at radius 3 is 2.32 bits per heavy atom. The lowest BCUT2D eigenvalue weighted by molar-refractivity contribution is -0.137. The molecule has 1 aromatic carbocycles. The molecule has 3 rings (SSSR count). The number of amides is 2. The Morgan fingerprint density at radius 1 is 1.00 bits per heavy atom. The second kappa shape index (κ2) is 4.66. The number of halogens is 3. The van der Waals surface area contributed by atoms with E-state index in [2.05, 4.69) is 4.98 Å². The predicted molar refractivity (Wildman–Crippen MR) is 71.6 cm³/mol. The number of hydrogen-bond acceptors (Lipinski definition) is 3. The summed E-state index contributed by atoms with van der Waals surface area (Å²) in [5.41, 5.74) is -0.694. The van der Waals surface area contributed by atoms with Gasteiger partial charge in [0.05, 0.1) is 16.7 Å². The number of hydrogen-bond donors (Lipinski definition) is 0. The van der Waals surface area contributed by atoms with Crippen LogP contribution in [0.5, 0.6) is 0 Å². The number of nitrogens with zero attached hydrogens (tertiary/aromatic N) is 2. The molecule has 1 aliphatic heterocycles. The Bertz CT molecular complexity index is 800. The molecule has 2 heterocycles. The molecular weight excluding hydrogens is 297 g/mol. The molecule has 2 aromatic rings. The number of aromatic nitrogens is 1. The second-order valence-electron chi connectivity index (χ2n) is 4.84. The minimum atomic E-state index is -4.58. The number of fused-ring (bicyclic) bond motifs is 1. The zero-order valence-corrected chi connectivity index (χ0v) is 11.3. The number of anilines is 1. The van der Waals surface area contributed by atoms with Crippen LogP contribution in [0.2, 0.25) is 0 Å². The van der Waals surface area contributed by atoms with Crippen LogP contribution in [0.1, 0.15) is 32.0 Å². The fourth-order valence-corrected chi connectivity index (χ4v) is 2.28. The van der Waals surface area contributed by atoms with Crippen molar-refractivity contribution in [2.45, 2.75) is 13.1 Å². The van der Waals surface area contributed by atoms with Gasteiger partial charge in [-0.1, -0.05) is 6.07 Å². The molecule has 4 nitrogen and oxygen atoms in total. The summed E-state index contributed by atoms with van der Waals surface area (Å²) in [6.07, 6.45) is -4.58. The van der Waals surface area contributed by atoms with Crippen LogP contribution in [-0.4, -0.2) is 16.8 Å². The van der Waals surface area contributed by atoms with Crippen LogP contribution < -0.4 is 4.90 Å². The molecule has 7 heteroatoms. The van der Waals surface area contributed by atoms with Gasteiger partial charge in [0.15, 0.2) is 0 Å². The molecule has 0 N–H and O–H groups in total. The third-order valence-electron chi connectivity index (χ3n) is 3.32. The van der Waals surface area contributed by atoms with E-state index in [4.69, 9.17) is 0 Å². The van der Waals surface area contributed by atoms with Crippen LogP contribution in [0, 0.1) is 6.92 Å². The zero-order valence-electron chi connectivity index (χ0n) is 11.3. The van der Waals surface area contributed by atoms with Crippen molar-refractivity contribution in [1.29, 1.82) is 0 Å². The van der Waals surface area contributed by atoms with Crippen molar-refractivity contribution < 1.29 is 22.8 Å². The monoisotopic (exact) mass is 306 g/mol. The fraction of sp³-hybridized carbons (Fsp3) is 0.133. The summed E-state index contributed by atoms with van der Waals surface area (Å²) < 4.78 is 38.2. The smallest absolute Gasteiger partial charge is 0.268 e. The maximum absolute atomic E-state index is 12.7. The van der Waals surface area contributed by atoms with Crippen molar-refractivity contribution >= 4 is 17.6 Å². The topological polar surface area (TPSA) is 50.3 Å². The molecule has 0 bridgehead atoms. The Balaban J connectivity index is 2.09. The standard InChI is InChI=1S/C15H9F3N2O2/c1-8-3-2-4-12(19-8)20-13(21)10-6-5-9(15(16,17)18)7-11(10)14(20)22/h2-7H,1H3. The maximum atomic E-state index is 12.7. The highest BCUT2D eigenvalue weighted by atomic mass is 19.4. The molecule has 0 aliphatic carbocycles. The minimum Gasteiger partial charge on any atom is -0.268 e. The number of imide groups is 1. The summed E-state index contributed by atoms with van der Waals surface area (Å²) in [5.74, 6) is -1.38. The summed E-state index contributed by atoms with van der Waals surface area (Å²) in [6.45, 7) is 1.68. The first kappa shape index (κ1) is 14.2. The van der Waals surface area contributed by atoms with Gasteiger partial charge in [0.1, 0.15) is 5.82 Å². The zero-order chi connectivity index (χ0) is 16.1. The Morgan fingerprint density at radius 2 is 1.68 bits per heavy atom. The third kappa shape index (κ3) is 2.14. The highest BCUT2D eigenvalue weighted by Crippen LogP contribution is 2.34. The Kier molecular flexibility index (Phi) is 3.01. The van der Waals surface area contributed by atoms with Crippen molar-refractivity contribution in [3.05, 3.63) is 58.8 Å². The molecule has 0 fully saturated rings. The van der Waals surface area contributed by atoms with Crippen LogP contribution in [0.25, 0.3) is 0 Å². The lowest BCUT2D eigenvalue weighted by Crippen LogP contribution is -2.30. The van der Waals surface area contributed by atoms with E-state index < -0.39 is 23.6 Å². The summed E-state index contributed by atoms with van der Waals surface area (Å²) in [7, 11) is 0. The largest absolute Gasteiger partial charge is 0.416 e. The third-order valence-corrected chi connectivity index (χ3v) is 3.32. The lowest BCUT2D eigenvalue weighted by atomic mass is 10.1. The van der Waals surface area contributed by atoms with Crippen LogP contribution in [-0.2, 0) is 6.18 Å². The average Bonchev–Trinajstić information content (AvgIpc) is 2.69. The van der Waals surface area contributed by atoms with Gasteiger partial charge >= 0.3 is 6.18 Å². The molecular formula is C15H9F3N2O2. The van der Waals surface area contributed by atoms with E-state index in [-0.39, 0.29) is 16.9 Å². The van der Waals surface area contributed by atoms with Gasteiger partial charge in [-0.05, 0) is 37.3 Å². The molecule has 0 atom stereocenters. The SMILES string of the molecule is Cc1cccc(N2C(=O)c3ccc(C(F)(F)F)cc3C2=O)n1. The molecule has 0 saturated carbocycles. The van der Waals surface area contributed by atoms with E-state index in [1.54, 1.807) is 19.1 Å². The molecule has 0 unspecified atom stereocenters. The Hall–Kier alpha value is -2.70. The quantitative estimate of drug-likeness (QED) is 0.760. The number of pyridine rings is 1. The minimum absolute atomic E-state index is 0.0543. The van der Waals surface area contributed by atoms with E-state index >= 15 is 0 Å². The van der Waals surface area contributed by atoms with Crippen molar-refractivity contribution in [3.63, 3.8) is 0 Å². The molecule has 0 radical (unpaired) electrons. The van der Waals surface area contributed by atoms with Crippen LogP contribution in [0.4, 0.5) is 19.0 Å². The number of carbonyl (C=O) groups is 2. The fourth-order valence-electron chi connectivity index (χ4n) is 2.28. The lowest BCUT2D eigenvalue weighted by Gasteiger charge is -2.12. The van der Waals surface area contributed by atoms with Gasteiger partial charge < -0.3 is 0 Å². The molecule has 112 valence electrons. The summed E-state index contributed by atoms with van der Waals surface area (Å²) >= 11 is 0. The number of alkyl halides is 3. The highest BCUT2D eigenvalue weighted by molar-refractivity contribution is 6.34. The van der Waals surface area contributed by atoms with Crippen LogP contribution >= 0.6 is 0 Å². The van der Waals surface area contributed by atoms with Gasteiger partial charge in [-0.15, -0.1) is 0 Å². The average molecular weight is 306 g/mol. The van der Waals surface area contributed by atoms with Gasteiger partial charge in [0.2, 0.25) is 0 Å². The number of rotatable bonds is 1. The first-order valence-electron chi connectivity index (χ1n) is 6.33. The van der Waals surface area contributed by atoms with Gasteiger partial charge in [-0.25, -0.2) is 9.88 Å². The van der Waals surface area contributed by atoms with Crippen molar-refractivity contribution in [3.8, 4) is 0 Å². The van der Waals surface area contributed by atoms with Crippen molar-refractivity contribution in [1.82, 2.24) is 4.98 Å². The van der Waals surface area contributed by atoms with E-state index in [0.717, 1.165) is 17.0 Å². The molecule has 2 amide bonds. The van der Waals surface area contributed by atoms with Gasteiger partial charge in [-0.3, -0.25) is 9.59 Å². The predicted octanol–water partition coefficient (Wildman–Crippen LogP) is 3.21. The summed E-state index contributed by atoms with van der Waals surface area (Å²) in [5, 5.41) is 0. The molecule has 1 aromatic heterocycles. The highest BCUT2D eigenvalue weighted by Gasteiger charge is 2.40. The molecule has 0 spiro atoms. The summed E-state index contributed by atoms with van der Waals surface area (Å²) in [4.78, 5) is 29.4.